The van der Waals surface area contributed by atoms with Gasteiger partial charge >= 0.3 is 0 Å². The predicted octanol–water partition coefficient (Wildman–Crippen LogP) is 2.64. The van der Waals surface area contributed by atoms with Crippen molar-refractivity contribution in [2.45, 2.75) is 26.2 Å². The monoisotopic (exact) mass is 170 g/mol. The largest absolute Gasteiger partial charge is 0.154 e. The van der Waals surface area contributed by atoms with Crippen molar-refractivity contribution in [3.05, 3.63) is 23.0 Å². The van der Waals surface area contributed by atoms with Crippen LogP contribution in [-0.2, 0) is 0 Å². The number of halogens is 1. The van der Waals surface area contributed by atoms with Crippen LogP contribution in [0.3, 0.4) is 0 Å². The lowest BCUT2D eigenvalue weighted by molar-refractivity contribution is 0.690. The molecule has 1 atom stereocenters. The maximum Gasteiger partial charge on any atom is 0.151 e. The van der Waals surface area contributed by atoms with Crippen LogP contribution in [0.25, 0.3) is 0 Å². The summed E-state index contributed by atoms with van der Waals surface area (Å²) in [6, 6.07) is 3.69. The first-order valence-corrected chi connectivity index (χ1v) is 4.11. The number of rotatable bonds is 2. The Hall–Kier alpha value is -0.630. The highest BCUT2D eigenvalue weighted by Crippen LogP contribution is 2.15. The third-order valence-electron chi connectivity index (χ3n) is 1.77. The zero-order valence-corrected chi connectivity index (χ0v) is 7.47. The second-order valence-electron chi connectivity index (χ2n) is 2.59. The van der Waals surface area contributed by atoms with E-state index in [0.717, 1.165) is 12.1 Å². The van der Waals surface area contributed by atoms with Crippen LogP contribution >= 0.6 is 11.6 Å². The molecule has 0 radical (unpaired) electrons. The SMILES string of the molecule is CCC(C)c1ccc(Cl)nn1. The molecule has 60 valence electrons. The third kappa shape index (κ3) is 2.15. The quantitative estimate of drug-likeness (QED) is 0.682. The second kappa shape index (κ2) is 3.67. The first-order valence-electron chi connectivity index (χ1n) is 3.73. The molecule has 1 unspecified atom stereocenters. The van der Waals surface area contributed by atoms with Gasteiger partial charge in [0.05, 0.1) is 5.69 Å². The van der Waals surface area contributed by atoms with Crippen LogP contribution in [0.15, 0.2) is 12.1 Å². The molecule has 0 fully saturated rings. The highest BCUT2D eigenvalue weighted by atomic mass is 35.5. The minimum absolute atomic E-state index is 0.456. The van der Waals surface area contributed by atoms with E-state index >= 15 is 0 Å². The molecule has 0 bridgehead atoms. The van der Waals surface area contributed by atoms with Crippen molar-refractivity contribution in [2.24, 2.45) is 0 Å². The Balaban J connectivity index is 2.81. The molecule has 1 aromatic rings. The van der Waals surface area contributed by atoms with Crippen molar-refractivity contribution < 1.29 is 0 Å². The van der Waals surface area contributed by atoms with E-state index in [4.69, 9.17) is 11.6 Å². The lowest BCUT2D eigenvalue weighted by atomic mass is 10.1. The molecule has 1 heterocycles. The Kier molecular flexibility index (Phi) is 2.83. The van der Waals surface area contributed by atoms with Gasteiger partial charge in [0.15, 0.2) is 5.15 Å². The highest BCUT2D eigenvalue weighted by Gasteiger charge is 2.03. The van der Waals surface area contributed by atoms with Gasteiger partial charge in [0, 0.05) is 0 Å². The molecular formula is C8H11ClN2. The van der Waals surface area contributed by atoms with E-state index in [9.17, 15) is 0 Å². The summed E-state index contributed by atoms with van der Waals surface area (Å²) in [4.78, 5) is 0. The van der Waals surface area contributed by atoms with Crippen molar-refractivity contribution in [3.8, 4) is 0 Å². The lowest BCUT2D eigenvalue weighted by Gasteiger charge is -2.04. The normalized spacial score (nSPS) is 13.0. The Morgan fingerprint density at radius 1 is 1.45 bits per heavy atom. The maximum atomic E-state index is 5.59. The molecule has 0 aliphatic rings. The fourth-order valence-electron chi connectivity index (χ4n) is 0.798. The van der Waals surface area contributed by atoms with E-state index < -0.39 is 0 Å². The summed E-state index contributed by atoms with van der Waals surface area (Å²) in [7, 11) is 0. The summed E-state index contributed by atoms with van der Waals surface area (Å²) in [6.45, 7) is 4.25. The molecule has 1 rings (SSSR count). The Morgan fingerprint density at radius 3 is 2.64 bits per heavy atom. The third-order valence-corrected chi connectivity index (χ3v) is 1.97. The Morgan fingerprint density at radius 2 is 2.18 bits per heavy atom. The number of aromatic nitrogens is 2. The summed E-state index contributed by atoms with van der Waals surface area (Å²) in [6.07, 6.45) is 1.08. The summed E-state index contributed by atoms with van der Waals surface area (Å²) in [5.41, 5.74) is 1.01. The average molecular weight is 171 g/mol. The number of hydrogen-bond donors (Lipinski definition) is 0. The second-order valence-corrected chi connectivity index (χ2v) is 2.98. The first kappa shape index (κ1) is 8.47. The molecule has 0 aliphatic carbocycles. The van der Waals surface area contributed by atoms with Gasteiger partial charge in [-0.1, -0.05) is 25.4 Å². The van der Waals surface area contributed by atoms with Crippen molar-refractivity contribution in [2.75, 3.05) is 0 Å². The Bertz CT molecular complexity index is 220. The van der Waals surface area contributed by atoms with Gasteiger partial charge < -0.3 is 0 Å². The minimum Gasteiger partial charge on any atom is -0.154 e. The molecular weight excluding hydrogens is 160 g/mol. The van der Waals surface area contributed by atoms with Gasteiger partial charge in [-0.05, 0) is 24.5 Å². The van der Waals surface area contributed by atoms with Crippen LogP contribution in [-0.4, -0.2) is 10.2 Å². The lowest BCUT2D eigenvalue weighted by Crippen LogP contribution is -1.96. The molecule has 0 amide bonds. The number of hydrogen-bond acceptors (Lipinski definition) is 2. The maximum absolute atomic E-state index is 5.59. The topological polar surface area (TPSA) is 25.8 Å². The molecule has 11 heavy (non-hydrogen) atoms. The summed E-state index contributed by atoms with van der Waals surface area (Å²) < 4.78 is 0. The smallest absolute Gasteiger partial charge is 0.151 e. The first-order chi connectivity index (χ1) is 5.24. The van der Waals surface area contributed by atoms with E-state index in [1.165, 1.54) is 0 Å². The van der Waals surface area contributed by atoms with E-state index in [-0.39, 0.29) is 0 Å². The average Bonchev–Trinajstić information content (AvgIpc) is 2.05. The standard InChI is InChI=1S/C8H11ClN2/c1-3-6(2)7-4-5-8(9)11-10-7/h4-6H,3H2,1-2H3. The Labute approximate surface area is 71.6 Å². The summed E-state index contributed by atoms with van der Waals surface area (Å²) in [5.74, 6) is 0.472. The van der Waals surface area contributed by atoms with E-state index in [0.29, 0.717) is 11.1 Å². The highest BCUT2D eigenvalue weighted by molar-refractivity contribution is 6.29. The van der Waals surface area contributed by atoms with E-state index in [2.05, 4.69) is 24.0 Å². The van der Waals surface area contributed by atoms with Gasteiger partial charge in [-0.25, -0.2) is 0 Å². The zero-order valence-electron chi connectivity index (χ0n) is 6.71. The van der Waals surface area contributed by atoms with Crippen molar-refractivity contribution in [3.63, 3.8) is 0 Å². The molecule has 0 aromatic carbocycles. The van der Waals surface area contributed by atoms with Crippen LogP contribution in [0, 0.1) is 0 Å². The van der Waals surface area contributed by atoms with Crippen LogP contribution in [0.1, 0.15) is 31.9 Å². The molecule has 0 saturated heterocycles. The van der Waals surface area contributed by atoms with Crippen molar-refractivity contribution in [1.29, 1.82) is 0 Å². The van der Waals surface area contributed by atoms with Gasteiger partial charge in [0.2, 0.25) is 0 Å². The predicted molar refractivity (Wildman–Crippen MR) is 45.7 cm³/mol. The van der Waals surface area contributed by atoms with E-state index in [1.54, 1.807) is 6.07 Å². The summed E-state index contributed by atoms with van der Waals surface area (Å²) in [5, 5.41) is 8.19. The van der Waals surface area contributed by atoms with E-state index in [1.807, 2.05) is 6.07 Å². The fraction of sp³-hybridized carbons (Fsp3) is 0.500. The van der Waals surface area contributed by atoms with Crippen LogP contribution in [0.5, 0.6) is 0 Å². The fourth-order valence-corrected chi connectivity index (χ4v) is 0.899. The zero-order chi connectivity index (χ0) is 8.27. The van der Waals surface area contributed by atoms with Crippen LogP contribution in [0.4, 0.5) is 0 Å². The molecule has 0 aliphatic heterocycles. The van der Waals surface area contributed by atoms with Crippen LogP contribution in [0.2, 0.25) is 5.15 Å². The molecule has 0 spiro atoms. The minimum atomic E-state index is 0.456. The van der Waals surface area contributed by atoms with Crippen molar-refractivity contribution in [1.82, 2.24) is 10.2 Å². The molecule has 2 nitrogen and oxygen atoms in total. The number of nitrogens with zero attached hydrogens (tertiary/aromatic N) is 2. The van der Waals surface area contributed by atoms with Gasteiger partial charge in [-0.3, -0.25) is 0 Å². The molecule has 1 aromatic heterocycles. The van der Waals surface area contributed by atoms with Gasteiger partial charge in [0.1, 0.15) is 0 Å². The molecule has 0 saturated carbocycles. The van der Waals surface area contributed by atoms with Crippen molar-refractivity contribution >= 4 is 11.6 Å². The molecule has 3 heteroatoms. The van der Waals surface area contributed by atoms with Gasteiger partial charge in [-0.15, -0.1) is 5.10 Å². The van der Waals surface area contributed by atoms with Gasteiger partial charge in [0.25, 0.3) is 0 Å². The molecule has 0 N–H and O–H groups in total. The van der Waals surface area contributed by atoms with Crippen LogP contribution < -0.4 is 0 Å². The summed E-state index contributed by atoms with van der Waals surface area (Å²) >= 11 is 5.59. The van der Waals surface area contributed by atoms with Gasteiger partial charge in [-0.2, -0.15) is 5.10 Å².